The molecule has 6 aromatic heterocycles. The first-order chi connectivity index (χ1) is 42.7. The number of aryl methyl sites for hydroxylation is 3. The number of nitrogens with one attached hydrogen (secondary N) is 3. The highest BCUT2D eigenvalue weighted by Crippen LogP contribution is 2.37. The summed E-state index contributed by atoms with van der Waals surface area (Å²) in [4.78, 5) is 76.3. The van der Waals surface area contributed by atoms with Gasteiger partial charge in [-0.15, -0.1) is 0 Å². The van der Waals surface area contributed by atoms with E-state index in [9.17, 15) is 27.6 Å². The average molecular weight is 1290 g/mol. The number of fused-ring (bicyclic) bond motifs is 3. The Balaban J connectivity index is 0.000000148. The smallest absolute Gasteiger partial charge is 0.353 e. The molecule has 9 heterocycles. The van der Waals surface area contributed by atoms with Crippen molar-refractivity contribution in [1.29, 1.82) is 0 Å². The highest BCUT2D eigenvalue weighted by molar-refractivity contribution is 7.23. The van der Waals surface area contributed by atoms with E-state index in [-0.39, 0.29) is 61.7 Å². The molecule has 18 nitrogen and oxygen atoms in total. The van der Waals surface area contributed by atoms with Crippen LogP contribution in [0.2, 0.25) is 5.02 Å². The Labute approximate surface area is 533 Å². The van der Waals surface area contributed by atoms with Crippen molar-refractivity contribution in [3.8, 4) is 0 Å². The topological polar surface area (TPSA) is 184 Å². The molecular weight excluding hydrogens is 1220 g/mol. The summed E-state index contributed by atoms with van der Waals surface area (Å²) in [6.07, 6.45) is 3.57. The maximum absolute atomic E-state index is 13.4. The second kappa shape index (κ2) is 28.3. The number of aromatic nitrogens is 6. The van der Waals surface area contributed by atoms with Crippen molar-refractivity contribution in [3.63, 3.8) is 0 Å². The Bertz CT molecular complexity index is 3960. The van der Waals surface area contributed by atoms with E-state index in [2.05, 4.69) is 134 Å². The Morgan fingerprint density at radius 2 is 1.00 bits per heavy atom. The van der Waals surface area contributed by atoms with Gasteiger partial charge in [-0.2, -0.15) is 13.2 Å². The van der Waals surface area contributed by atoms with E-state index in [1.807, 2.05) is 72.3 Å². The first kappa shape index (κ1) is 64.1. The lowest BCUT2D eigenvalue weighted by atomic mass is 10.0. The zero-order valence-corrected chi connectivity index (χ0v) is 54.2. The number of alkyl halides is 3. The third-order valence-corrected chi connectivity index (χ3v) is 18.7. The largest absolute Gasteiger partial charge is 0.419 e. The number of benzene rings is 3. The van der Waals surface area contributed by atoms with Crippen LogP contribution in [0.25, 0.3) is 30.6 Å². The fourth-order valence-corrected chi connectivity index (χ4v) is 14.3. The number of piperazine rings is 3. The first-order valence-corrected chi connectivity index (χ1v) is 32.7. The van der Waals surface area contributed by atoms with E-state index in [0.29, 0.717) is 52.5 Å². The number of urea groups is 3. The molecule has 0 aliphatic carbocycles. The van der Waals surface area contributed by atoms with Gasteiger partial charge in [0.1, 0.15) is 17.5 Å². The van der Waals surface area contributed by atoms with Crippen molar-refractivity contribution in [2.24, 2.45) is 5.92 Å². The van der Waals surface area contributed by atoms with E-state index < -0.39 is 11.7 Å². The monoisotopic (exact) mass is 1290 g/mol. The fourth-order valence-electron chi connectivity index (χ4n) is 11.3. The third-order valence-electron chi connectivity index (χ3n) is 15.7. The zero-order chi connectivity index (χ0) is 63.1. The van der Waals surface area contributed by atoms with Gasteiger partial charge in [0.15, 0.2) is 15.4 Å². The predicted octanol–water partition coefficient (Wildman–Crippen LogP) is 14.7. The molecule has 3 saturated heterocycles. The predicted molar refractivity (Wildman–Crippen MR) is 356 cm³/mol. The maximum Gasteiger partial charge on any atom is 0.419 e. The number of thiazole rings is 3. The normalized spacial score (nSPS) is 17.2. The summed E-state index contributed by atoms with van der Waals surface area (Å²) >= 11 is 10.7. The lowest BCUT2D eigenvalue weighted by molar-refractivity contribution is -0.137. The molecule has 3 aromatic carbocycles. The van der Waals surface area contributed by atoms with Crippen molar-refractivity contribution in [2.45, 2.75) is 99.0 Å². The number of carbonyl (C=O) groups is 3. The van der Waals surface area contributed by atoms with Crippen LogP contribution in [0.15, 0.2) is 110 Å². The zero-order valence-electron chi connectivity index (χ0n) is 51.0. The van der Waals surface area contributed by atoms with E-state index in [0.717, 1.165) is 86.3 Å². The summed E-state index contributed by atoms with van der Waals surface area (Å²) in [5.74, 6) is 2.23. The maximum atomic E-state index is 13.4. The molecule has 3 N–H and O–H groups in total. The van der Waals surface area contributed by atoms with Crippen molar-refractivity contribution in [2.75, 3.05) is 89.6 Å². The molecule has 3 fully saturated rings. The second-order valence-corrected chi connectivity index (χ2v) is 26.6. The number of nitrogens with zero attached hydrogens (tertiary/aromatic N) is 12. The number of amides is 6. The van der Waals surface area contributed by atoms with Gasteiger partial charge in [0.2, 0.25) is 0 Å². The molecule has 25 heteroatoms. The first-order valence-electron chi connectivity index (χ1n) is 29.9. The van der Waals surface area contributed by atoms with Crippen molar-refractivity contribution in [3.05, 3.63) is 142 Å². The molecule has 3 aliphatic rings. The molecule has 0 spiro atoms. The standard InChI is InChI=1S/C23H26F3N5OS.C21H24ClN5OS.C20H23N5OS/c1-14(2)11-16-6-7-18-19(12-16)33-21(28-18)29-22(32)31-10-9-30(13-15(31)3)20-17(23(24,25)26)5-4-8-27-20;1-3-5-15-7-8-17-18(12-15)29-20(24-17)25-21(28)27-11-10-26(13-14(27)2)19-16(22)6-4-9-23-19;1-13-6-7-16-17(11-13)27-19(22-16)23-20(26)25-10-9-24(12-15(25)3)18-14(2)5-4-8-21-18/h4-8,12,14-15H,9-11,13H2,1-3H3,(H,28,29,32);4,6-9,12,14H,3,5,10-11,13H2,1-2H3,(H,24,25,28);4-8,11,15H,9-10,12H2,1-3H3,(H,22,23,26)/t15-;14-;15-/m111/s1. The van der Waals surface area contributed by atoms with Gasteiger partial charge in [-0.05, 0) is 142 Å². The Morgan fingerprint density at radius 1 is 0.573 bits per heavy atom. The lowest BCUT2D eigenvalue weighted by Crippen LogP contribution is -2.55. The number of anilines is 6. The molecule has 3 aliphatic heterocycles. The van der Waals surface area contributed by atoms with Gasteiger partial charge in [-0.25, -0.2) is 44.3 Å². The summed E-state index contributed by atoms with van der Waals surface area (Å²) in [5.41, 5.74) is 6.80. The van der Waals surface area contributed by atoms with E-state index in [1.54, 1.807) is 16.0 Å². The highest BCUT2D eigenvalue weighted by Gasteiger charge is 2.38. The van der Waals surface area contributed by atoms with Gasteiger partial charge >= 0.3 is 24.3 Å². The van der Waals surface area contributed by atoms with E-state index >= 15 is 0 Å². The molecule has 468 valence electrons. The summed E-state index contributed by atoms with van der Waals surface area (Å²) in [6, 6.07) is 27.9. The van der Waals surface area contributed by atoms with Gasteiger partial charge < -0.3 is 29.4 Å². The number of halogens is 4. The molecule has 6 amide bonds. The van der Waals surface area contributed by atoms with Crippen LogP contribution in [0.1, 0.15) is 75.8 Å². The average Bonchev–Trinajstić information content (AvgIpc) is 2.68. The highest BCUT2D eigenvalue weighted by atomic mass is 35.5. The summed E-state index contributed by atoms with van der Waals surface area (Å²) in [7, 11) is 0. The molecule has 0 saturated carbocycles. The quantitative estimate of drug-likeness (QED) is 0.118. The molecular formula is C64H73ClF3N15O3S3. The minimum Gasteiger partial charge on any atom is -0.353 e. The number of rotatable bonds is 10. The van der Waals surface area contributed by atoms with Crippen LogP contribution < -0.4 is 30.7 Å². The van der Waals surface area contributed by atoms with Crippen LogP contribution in [0.5, 0.6) is 0 Å². The molecule has 0 bridgehead atoms. The number of hydrogen-bond acceptors (Lipinski definition) is 15. The van der Waals surface area contributed by atoms with Crippen LogP contribution in [0.3, 0.4) is 0 Å². The van der Waals surface area contributed by atoms with Crippen LogP contribution in [0, 0.1) is 19.8 Å². The number of pyridine rings is 3. The minimum absolute atomic E-state index is 0.0346. The molecule has 89 heavy (non-hydrogen) atoms. The fraction of sp³-hybridized carbons (Fsp3) is 0.391. The van der Waals surface area contributed by atoms with Gasteiger partial charge in [-0.1, -0.05) is 97.1 Å². The molecule has 9 aromatic rings. The molecule has 12 rings (SSSR count). The van der Waals surface area contributed by atoms with Crippen molar-refractivity contribution < 1.29 is 27.6 Å². The molecule has 3 atom stereocenters. The van der Waals surface area contributed by atoms with Crippen LogP contribution in [0.4, 0.5) is 60.4 Å². The number of hydrogen-bond donors (Lipinski definition) is 3. The summed E-state index contributed by atoms with van der Waals surface area (Å²) < 4.78 is 43.3. The third kappa shape index (κ3) is 15.7. The molecule has 0 unspecified atom stereocenters. The Kier molecular flexibility index (Phi) is 20.4. The van der Waals surface area contributed by atoms with Crippen LogP contribution in [-0.2, 0) is 19.0 Å². The Morgan fingerprint density at radius 3 is 1.47 bits per heavy atom. The van der Waals surface area contributed by atoms with Crippen molar-refractivity contribution in [1.82, 2.24) is 44.6 Å². The Hall–Kier alpha value is -7.93. The van der Waals surface area contributed by atoms with Crippen LogP contribution in [-0.4, -0.2) is 140 Å². The van der Waals surface area contributed by atoms with E-state index in [1.165, 1.54) is 63.0 Å². The van der Waals surface area contributed by atoms with Gasteiger partial charge in [0.25, 0.3) is 0 Å². The SMILES string of the molecule is CC(C)Cc1ccc2nc(NC(=O)N3CCN(c4ncccc4C(F)(F)F)C[C@H]3C)sc2c1.CCCc1ccc2nc(NC(=O)N3CCN(c4ncccc4Cl)C[C@H]3C)sc2c1.Cc1ccc2nc(NC(=O)N3CCN(c4ncccc4C)C[C@H]3C)sc2c1. The molecule has 0 radical (unpaired) electrons. The summed E-state index contributed by atoms with van der Waals surface area (Å²) in [5, 5.41) is 11.3. The van der Waals surface area contributed by atoms with Gasteiger partial charge in [0, 0.05) is 95.6 Å². The van der Waals surface area contributed by atoms with Crippen molar-refractivity contribution >= 4 is 127 Å². The minimum atomic E-state index is -4.48. The van der Waals surface area contributed by atoms with E-state index in [4.69, 9.17) is 11.6 Å². The van der Waals surface area contributed by atoms with Gasteiger partial charge in [-0.3, -0.25) is 16.0 Å². The summed E-state index contributed by atoms with van der Waals surface area (Å²) in [6.45, 7) is 21.5. The second-order valence-electron chi connectivity index (χ2n) is 23.1. The van der Waals surface area contributed by atoms with Gasteiger partial charge in [0.05, 0.1) is 41.2 Å². The lowest BCUT2D eigenvalue weighted by Gasteiger charge is -2.40. The number of carbonyl (C=O) groups excluding carboxylic acids is 3. The van der Waals surface area contributed by atoms with Crippen LogP contribution >= 0.6 is 45.6 Å².